The molecule has 2 saturated heterocycles. The average molecular weight is 413 g/mol. The highest BCUT2D eigenvalue weighted by Crippen LogP contribution is 2.40. The number of fused-ring (bicyclic) bond motifs is 4. The van der Waals surface area contributed by atoms with Crippen molar-refractivity contribution in [2.45, 2.75) is 25.5 Å². The van der Waals surface area contributed by atoms with Crippen molar-refractivity contribution >= 4 is 38.0 Å². The summed E-state index contributed by atoms with van der Waals surface area (Å²) in [6.45, 7) is 5.57. The van der Waals surface area contributed by atoms with Gasteiger partial charge in [0.15, 0.2) is 11.6 Å². The second-order valence-electron chi connectivity index (χ2n) is 7.56. The Hall–Kier alpha value is -2.51. The number of carbonyl (C=O) groups excluding carboxylic acids is 1. The molecular weight excluding hydrogens is 389 g/mol. The van der Waals surface area contributed by atoms with Crippen molar-refractivity contribution in [3.63, 3.8) is 0 Å². The van der Waals surface area contributed by atoms with Crippen LogP contribution in [0.1, 0.15) is 13.3 Å². The Labute approximate surface area is 171 Å². The Morgan fingerprint density at radius 3 is 3.03 bits per heavy atom. The van der Waals surface area contributed by atoms with Gasteiger partial charge in [-0.3, -0.25) is 15.2 Å². The van der Waals surface area contributed by atoms with Crippen LogP contribution in [0.25, 0.3) is 0 Å². The highest BCUT2D eigenvalue weighted by atomic mass is 31.1. The quantitative estimate of drug-likeness (QED) is 0.756. The van der Waals surface area contributed by atoms with E-state index in [0.717, 1.165) is 56.1 Å². The van der Waals surface area contributed by atoms with E-state index < -0.39 is 0 Å². The van der Waals surface area contributed by atoms with Gasteiger partial charge in [0.25, 0.3) is 0 Å². The van der Waals surface area contributed by atoms with E-state index in [2.05, 4.69) is 44.1 Å². The van der Waals surface area contributed by atoms with Gasteiger partial charge in [0, 0.05) is 53.5 Å². The Morgan fingerprint density at radius 2 is 2.17 bits per heavy atom. The molecule has 2 aromatic heterocycles. The first-order valence-electron chi connectivity index (χ1n) is 9.95. The maximum atomic E-state index is 13.2. The molecule has 1 unspecified atom stereocenters. The molecule has 5 heterocycles. The Bertz CT molecular complexity index is 899. The van der Waals surface area contributed by atoms with E-state index in [1.54, 1.807) is 23.5 Å². The third-order valence-corrected chi connectivity index (χ3v) is 6.52. The van der Waals surface area contributed by atoms with Crippen molar-refractivity contribution in [2.75, 3.05) is 52.4 Å². The highest BCUT2D eigenvalue weighted by Gasteiger charge is 2.40. The molecule has 29 heavy (non-hydrogen) atoms. The lowest BCUT2D eigenvalue weighted by molar-refractivity contribution is 0.254. The molecule has 1 N–H and O–H groups in total. The van der Waals surface area contributed by atoms with E-state index >= 15 is 0 Å². The predicted octanol–water partition coefficient (Wildman–Crippen LogP) is 2.32. The molecule has 10 heteroatoms. The smallest absolute Gasteiger partial charge is 0.329 e. The summed E-state index contributed by atoms with van der Waals surface area (Å²) in [4.78, 5) is 32.7. The Morgan fingerprint density at radius 1 is 1.24 bits per heavy atom. The van der Waals surface area contributed by atoms with Crippen LogP contribution in [-0.4, -0.2) is 65.5 Å². The maximum Gasteiger partial charge on any atom is 0.329 e. The van der Waals surface area contributed by atoms with Crippen molar-refractivity contribution < 1.29 is 9.32 Å². The van der Waals surface area contributed by atoms with Crippen LogP contribution in [0, 0.1) is 0 Å². The summed E-state index contributed by atoms with van der Waals surface area (Å²) in [5.74, 6) is 2.05. The van der Waals surface area contributed by atoms with Crippen LogP contribution in [0.3, 0.4) is 0 Å². The van der Waals surface area contributed by atoms with Crippen molar-refractivity contribution in [3.8, 4) is 0 Å². The fraction of sp³-hybridized carbons (Fsp3) is 0.474. The van der Waals surface area contributed by atoms with Crippen LogP contribution < -0.4 is 20.0 Å². The third kappa shape index (κ3) is 3.60. The monoisotopic (exact) mass is 413 g/mol. The van der Waals surface area contributed by atoms with Gasteiger partial charge in [-0.2, -0.15) is 0 Å². The van der Waals surface area contributed by atoms with Gasteiger partial charge < -0.3 is 14.3 Å². The minimum atomic E-state index is -0.211. The SMILES string of the molecule is C[C@H]1CN(c2ccc3c(n2)N(C(=O)Nc2cnccn2)[C@H]2CCN3C2)CCPO1. The van der Waals surface area contributed by atoms with E-state index in [-0.39, 0.29) is 18.2 Å². The fourth-order valence-corrected chi connectivity index (χ4v) is 5.04. The second-order valence-corrected chi connectivity index (χ2v) is 8.58. The van der Waals surface area contributed by atoms with Crippen LogP contribution in [0.4, 0.5) is 27.9 Å². The molecule has 3 atom stereocenters. The summed E-state index contributed by atoms with van der Waals surface area (Å²) in [7, 11) is 0.524. The summed E-state index contributed by atoms with van der Waals surface area (Å²) in [5.41, 5.74) is 1.01. The van der Waals surface area contributed by atoms with Gasteiger partial charge in [0.05, 0.1) is 24.0 Å². The number of urea groups is 1. The molecule has 0 saturated carbocycles. The number of hydrogen-bond donors (Lipinski definition) is 1. The van der Waals surface area contributed by atoms with E-state index in [1.807, 2.05) is 0 Å². The molecule has 3 aliphatic heterocycles. The number of hydrogen-bond acceptors (Lipinski definition) is 7. The summed E-state index contributed by atoms with van der Waals surface area (Å²) in [6, 6.07) is 4.06. The highest BCUT2D eigenvalue weighted by molar-refractivity contribution is 7.32. The molecule has 2 bridgehead atoms. The Balaban J connectivity index is 1.47. The summed E-state index contributed by atoms with van der Waals surface area (Å²) < 4.78 is 5.80. The second kappa shape index (κ2) is 7.72. The molecule has 5 rings (SSSR count). The molecule has 2 aromatic rings. The zero-order valence-electron chi connectivity index (χ0n) is 16.3. The van der Waals surface area contributed by atoms with Gasteiger partial charge in [-0.25, -0.2) is 14.8 Å². The van der Waals surface area contributed by atoms with Crippen LogP contribution >= 0.6 is 8.81 Å². The number of rotatable bonds is 2. The number of amides is 2. The molecule has 0 radical (unpaired) electrons. The van der Waals surface area contributed by atoms with E-state index in [4.69, 9.17) is 9.51 Å². The molecule has 0 aliphatic carbocycles. The minimum Gasteiger partial charge on any atom is -0.366 e. The van der Waals surface area contributed by atoms with Crippen LogP contribution in [0.5, 0.6) is 0 Å². The lowest BCUT2D eigenvalue weighted by Gasteiger charge is -2.36. The van der Waals surface area contributed by atoms with Crippen molar-refractivity contribution in [1.82, 2.24) is 15.0 Å². The minimum absolute atomic E-state index is 0.106. The zero-order valence-corrected chi connectivity index (χ0v) is 17.3. The third-order valence-electron chi connectivity index (χ3n) is 5.52. The number of carbonyl (C=O) groups is 1. The molecule has 2 amide bonds. The number of nitrogens with one attached hydrogen (secondary N) is 1. The lowest BCUT2D eigenvalue weighted by atomic mass is 10.2. The van der Waals surface area contributed by atoms with Gasteiger partial charge in [0.2, 0.25) is 0 Å². The molecule has 0 spiro atoms. The van der Waals surface area contributed by atoms with E-state index in [0.29, 0.717) is 14.6 Å². The van der Waals surface area contributed by atoms with Crippen LogP contribution in [0.2, 0.25) is 0 Å². The first-order chi connectivity index (χ1) is 14.2. The molecule has 3 aliphatic rings. The normalized spacial score (nSPS) is 24.4. The average Bonchev–Trinajstić information content (AvgIpc) is 3.02. The number of aromatic nitrogens is 3. The molecule has 0 aromatic carbocycles. The first-order valence-corrected chi connectivity index (χ1v) is 11.1. The summed E-state index contributed by atoms with van der Waals surface area (Å²) in [5, 5.41) is 2.87. The summed E-state index contributed by atoms with van der Waals surface area (Å²) in [6.07, 6.45) is 6.79. The van der Waals surface area contributed by atoms with Gasteiger partial charge in [-0.1, -0.05) is 0 Å². The van der Waals surface area contributed by atoms with Gasteiger partial charge in [-0.15, -0.1) is 0 Å². The van der Waals surface area contributed by atoms with E-state index in [9.17, 15) is 4.79 Å². The topological polar surface area (TPSA) is 86.7 Å². The molecule has 9 nitrogen and oxygen atoms in total. The van der Waals surface area contributed by atoms with Crippen molar-refractivity contribution in [1.29, 1.82) is 0 Å². The first kappa shape index (κ1) is 18.5. The Kier molecular flexibility index (Phi) is 4.93. The largest absolute Gasteiger partial charge is 0.366 e. The number of anilines is 4. The summed E-state index contributed by atoms with van der Waals surface area (Å²) >= 11 is 0. The van der Waals surface area contributed by atoms with Gasteiger partial charge in [-0.05, 0) is 25.5 Å². The molecule has 2 fully saturated rings. The predicted molar refractivity (Wildman–Crippen MR) is 114 cm³/mol. The van der Waals surface area contributed by atoms with Gasteiger partial charge in [0.1, 0.15) is 5.82 Å². The van der Waals surface area contributed by atoms with Crippen molar-refractivity contribution in [2.24, 2.45) is 0 Å². The number of pyridine rings is 1. The zero-order chi connectivity index (χ0) is 19.8. The van der Waals surface area contributed by atoms with E-state index in [1.165, 1.54) is 0 Å². The van der Waals surface area contributed by atoms with Crippen LogP contribution in [-0.2, 0) is 4.52 Å². The maximum absolute atomic E-state index is 13.2. The standard InChI is InChI=1S/C19H24N7O2P/c1-13-11-25(8-9-29-28-13)17-3-2-15-18(23-17)26(14-4-7-24(15)12-14)19(27)22-16-10-20-5-6-21-16/h2-3,5-6,10,13-14,29H,4,7-9,11-12H2,1H3,(H,21,22,27)/t13-,14-/m0/s1. The molecular formula is C19H24N7O2P. The van der Waals surface area contributed by atoms with Crippen molar-refractivity contribution in [3.05, 3.63) is 30.7 Å². The lowest BCUT2D eigenvalue weighted by Crippen LogP contribution is -2.48. The molecule has 152 valence electrons. The van der Waals surface area contributed by atoms with Crippen LogP contribution in [0.15, 0.2) is 30.7 Å². The fourth-order valence-electron chi connectivity index (χ4n) is 4.20. The van der Waals surface area contributed by atoms with Gasteiger partial charge >= 0.3 is 6.03 Å². The number of nitrogens with zero attached hydrogens (tertiary/aromatic N) is 6.